The Labute approximate surface area is 68.1 Å². The molecule has 0 bridgehead atoms. The van der Waals surface area contributed by atoms with Gasteiger partial charge >= 0.3 is 5.97 Å². The van der Waals surface area contributed by atoms with Gasteiger partial charge in [-0.1, -0.05) is 0 Å². The van der Waals surface area contributed by atoms with E-state index in [-0.39, 0.29) is 5.82 Å². The van der Waals surface area contributed by atoms with Gasteiger partial charge in [-0.2, -0.15) is 0 Å². The van der Waals surface area contributed by atoms with E-state index in [0.29, 0.717) is 0 Å². The highest BCUT2D eigenvalue weighted by Crippen LogP contribution is 1.94. The predicted octanol–water partition coefficient (Wildman–Crippen LogP) is 0.134. The molecule has 0 atom stereocenters. The van der Waals surface area contributed by atoms with Crippen LogP contribution in [0.3, 0.4) is 0 Å². The zero-order valence-corrected chi connectivity index (χ0v) is 6.10. The van der Waals surface area contributed by atoms with Crippen molar-refractivity contribution in [2.45, 2.75) is 6.42 Å². The minimum absolute atomic E-state index is 0.0556. The Bertz CT molecular complexity index is 297. The molecule has 5 heteroatoms. The van der Waals surface area contributed by atoms with Gasteiger partial charge in [0.05, 0.1) is 0 Å². The Hall–Kier alpha value is -1.78. The van der Waals surface area contributed by atoms with Crippen LogP contribution in [0.2, 0.25) is 0 Å². The molecule has 1 N–H and O–H groups in total. The number of aromatic nitrogens is 2. The fourth-order valence-electron chi connectivity index (χ4n) is 0.659. The average molecular weight is 166 g/mol. The molecule has 0 aliphatic carbocycles. The second kappa shape index (κ2) is 3.56. The second-order valence-electron chi connectivity index (χ2n) is 2.07. The molecule has 5 nitrogen and oxygen atoms in total. The molecule has 1 rings (SSSR count). The minimum atomic E-state index is -1.17. The second-order valence-corrected chi connectivity index (χ2v) is 2.07. The maximum Gasteiger partial charge on any atom is 0.311 e. The van der Waals surface area contributed by atoms with Crippen LogP contribution in [-0.2, 0) is 4.79 Å². The van der Waals surface area contributed by atoms with E-state index in [1.54, 1.807) is 6.07 Å². The predicted molar refractivity (Wildman–Crippen MR) is 38.6 cm³/mol. The van der Waals surface area contributed by atoms with Gasteiger partial charge in [0.2, 0.25) is 5.78 Å². The minimum Gasteiger partial charge on any atom is -0.481 e. The molecule has 0 amide bonds. The molecular weight excluding hydrogens is 160 g/mol. The van der Waals surface area contributed by atoms with E-state index in [1.165, 1.54) is 12.4 Å². The van der Waals surface area contributed by atoms with Gasteiger partial charge in [-0.3, -0.25) is 9.59 Å². The summed E-state index contributed by atoms with van der Waals surface area (Å²) in [6.45, 7) is 0. The summed E-state index contributed by atoms with van der Waals surface area (Å²) >= 11 is 0. The number of ketones is 1. The lowest BCUT2D eigenvalue weighted by atomic mass is 10.3. The van der Waals surface area contributed by atoms with Crippen LogP contribution < -0.4 is 0 Å². The Morgan fingerprint density at radius 2 is 1.92 bits per heavy atom. The topological polar surface area (TPSA) is 80.1 Å². The van der Waals surface area contributed by atoms with Crippen molar-refractivity contribution in [1.82, 2.24) is 9.97 Å². The van der Waals surface area contributed by atoms with Crippen molar-refractivity contribution in [2.24, 2.45) is 0 Å². The molecule has 0 fully saturated rings. The third-order valence-electron chi connectivity index (χ3n) is 1.13. The van der Waals surface area contributed by atoms with Gasteiger partial charge in [-0.25, -0.2) is 9.97 Å². The molecule has 0 radical (unpaired) electrons. The lowest BCUT2D eigenvalue weighted by Gasteiger charge is -1.93. The molecule has 0 aliphatic rings. The summed E-state index contributed by atoms with van der Waals surface area (Å²) in [4.78, 5) is 28.3. The highest BCUT2D eigenvalue weighted by atomic mass is 16.4. The molecule has 0 unspecified atom stereocenters. The van der Waals surface area contributed by atoms with Crippen molar-refractivity contribution in [1.29, 1.82) is 0 Å². The van der Waals surface area contributed by atoms with Crippen LogP contribution >= 0.6 is 0 Å². The maximum absolute atomic E-state index is 10.9. The summed E-state index contributed by atoms with van der Waals surface area (Å²) in [5.74, 6) is -1.81. The monoisotopic (exact) mass is 166 g/mol. The number of Topliss-reactive ketones (excluding diaryl/α,β-unsaturated/α-hetero) is 1. The SMILES string of the molecule is O=C(O)CC(=O)c1ncccn1. The van der Waals surface area contributed by atoms with Crippen LogP contribution in [0.15, 0.2) is 18.5 Å². The summed E-state index contributed by atoms with van der Waals surface area (Å²) in [5.41, 5.74) is 0. The smallest absolute Gasteiger partial charge is 0.311 e. The van der Waals surface area contributed by atoms with Crippen LogP contribution in [0.5, 0.6) is 0 Å². The molecule has 1 heterocycles. The maximum atomic E-state index is 10.9. The largest absolute Gasteiger partial charge is 0.481 e. The molecule has 0 spiro atoms. The number of aliphatic carboxylic acids is 1. The van der Waals surface area contributed by atoms with Gasteiger partial charge in [0, 0.05) is 12.4 Å². The third-order valence-corrected chi connectivity index (χ3v) is 1.13. The normalized spacial score (nSPS) is 9.33. The van der Waals surface area contributed by atoms with E-state index in [1.807, 2.05) is 0 Å². The summed E-state index contributed by atoms with van der Waals surface area (Å²) in [6, 6.07) is 1.55. The quantitative estimate of drug-likeness (QED) is 0.510. The summed E-state index contributed by atoms with van der Waals surface area (Å²) < 4.78 is 0. The van der Waals surface area contributed by atoms with Crippen molar-refractivity contribution in [3.05, 3.63) is 24.3 Å². The van der Waals surface area contributed by atoms with E-state index in [9.17, 15) is 9.59 Å². The van der Waals surface area contributed by atoms with Crippen LogP contribution in [0.4, 0.5) is 0 Å². The molecule has 62 valence electrons. The Balaban J connectivity index is 2.73. The molecule has 0 aromatic carbocycles. The highest BCUT2D eigenvalue weighted by molar-refractivity contribution is 6.03. The number of carboxylic acids is 1. The number of nitrogens with zero attached hydrogens (tertiary/aromatic N) is 2. The van der Waals surface area contributed by atoms with Gasteiger partial charge in [0.25, 0.3) is 0 Å². The number of carboxylic acid groups (broad SMARTS) is 1. The van der Waals surface area contributed by atoms with Crippen molar-refractivity contribution in [2.75, 3.05) is 0 Å². The zero-order chi connectivity index (χ0) is 8.97. The molecule has 0 saturated carbocycles. The van der Waals surface area contributed by atoms with Crippen LogP contribution in [0, 0.1) is 0 Å². The van der Waals surface area contributed by atoms with Gasteiger partial charge in [-0.05, 0) is 6.07 Å². The van der Waals surface area contributed by atoms with Crippen LogP contribution in [0.1, 0.15) is 17.0 Å². The average Bonchev–Trinajstić information content (AvgIpc) is 2.05. The summed E-state index contributed by atoms with van der Waals surface area (Å²) in [7, 11) is 0. The van der Waals surface area contributed by atoms with Gasteiger partial charge < -0.3 is 5.11 Å². The molecule has 1 aromatic heterocycles. The zero-order valence-electron chi connectivity index (χ0n) is 6.10. The van der Waals surface area contributed by atoms with Crippen LogP contribution in [0.25, 0.3) is 0 Å². The first kappa shape index (κ1) is 8.32. The standard InChI is InChI=1S/C7H6N2O3/c10-5(4-6(11)12)7-8-2-1-3-9-7/h1-3H,4H2,(H,11,12). The van der Waals surface area contributed by atoms with Crippen molar-refractivity contribution in [3.63, 3.8) is 0 Å². The van der Waals surface area contributed by atoms with Crippen molar-refractivity contribution < 1.29 is 14.7 Å². The first-order chi connectivity index (χ1) is 5.70. The lowest BCUT2D eigenvalue weighted by Crippen LogP contribution is -2.10. The van der Waals surface area contributed by atoms with E-state index in [0.717, 1.165) is 0 Å². The fourth-order valence-corrected chi connectivity index (χ4v) is 0.659. The lowest BCUT2D eigenvalue weighted by molar-refractivity contribution is -0.135. The Kier molecular flexibility index (Phi) is 2.47. The number of carbonyl (C=O) groups is 2. The molecule has 0 saturated heterocycles. The molecule has 12 heavy (non-hydrogen) atoms. The van der Waals surface area contributed by atoms with E-state index in [4.69, 9.17) is 5.11 Å². The molecular formula is C7H6N2O3. The first-order valence-electron chi connectivity index (χ1n) is 3.22. The van der Waals surface area contributed by atoms with Crippen molar-refractivity contribution >= 4 is 11.8 Å². The van der Waals surface area contributed by atoms with Gasteiger partial charge in [0.15, 0.2) is 5.82 Å². The van der Waals surface area contributed by atoms with Gasteiger partial charge in [0.1, 0.15) is 6.42 Å². The van der Waals surface area contributed by atoms with E-state index < -0.39 is 18.2 Å². The summed E-state index contributed by atoms with van der Waals surface area (Å²) in [5, 5.41) is 8.27. The van der Waals surface area contributed by atoms with E-state index in [2.05, 4.69) is 9.97 Å². The first-order valence-corrected chi connectivity index (χ1v) is 3.22. The van der Waals surface area contributed by atoms with Crippen LogP contribution in [-0.4, -0.2) is 26.8 Å². The number of rotatable bonds is 3. The molecule has 0 aliphatic heterocycles. The van der Waals surface area contributed by atoms with Crippen molar-refractivity contribution in [3.8, 4) is 0 Å². The third kappa shape index (κ3) is 2.12. The number of hydrogen-bond donors (Lipinski definition) is 1. The van der Waals surface area contributed by atoms with E-state index >= 15 is 0 Å². The molecule has 1 aromatic rings. The summed E-state index contributed by atoms with van der Waals surface area (Å²) in [6.07, 6.45) is 2.22. The highest BCUT2D eigenvalue weighted by Gasteiger charge is 2.11. The Morgan fingerprint density at radius 3 is 2.42 bits per heavy atom. The Morgan fingerprint density at radius 1 is 1.33 bits per heavy atom. The van der Waals surface area contributed by atoms with Gasteiger partial charge in [-0.15, -0.1) is 0 Å². The number of carbonyl (C=O) groups excluding carboxylic acids is 1. The number of hydrogen-bond acceptors (Lipinski definition) is 4. The fraction of sp³-hybridized carbons (Fsp3) is 0.143.